The summed E-state index contributed by atoms with van der Waals surface area (Å²) in [6.07, 6.45) is 9.08. The van der Waals surface area contributed by atoms with Gasteiger partial charge in [0.1, 0.15) is 98.1 Å². The average molecular weight is 1810 g/mol. The number of amides is 7. The van der Waals surface area contributed by atoms with Crippen LogP contribution in [0.4, 0.5) is 19.9 Å². The number of methoxy groups -OCH3 is 3. The van der Waals surface area contributed by atoms with E-state index in [-0.39, 0.29) is 92.8 Å². The van der Waals surface area contributed by atoms with Crippen molar-refractivity contribution >= 4 is 150 Å². The highest BCUT2D eigenvalue weighted by Gasteiger charge is 2.63. The number of nitrogens with zero attached hydrogens (tertiary/aromatic N) is 7. The van der Waals surface area contributed by atoms with Crippen molar-refractivity contribution in [3.63, 3.8) is 0 Å². The third-order valence-electron chi connectivity index (χ3n) is 24.6. The van der Waals surface area contributed by atoms with Gasteiger partial charge < -0.3 is 80.4 Å². The molecule has 670 valence electrons. The van der Waals surface area contributed by atoms with E-state index in [0.29, 0.717) is 108 Å². The van der Waals surface area contributed by atoms with Crippen molar-refractivity contribution in [3.05, 3.63) is 82.5 Å². The predicted molar refractivity (Wildman–Crippen MR) is 468 cm³/mol. The number of thiazole rings is 2. The number of imide groups is 1. The number of rotatable bonds is 26. The lowest BCUT2D eigenvalue weighted by Gasteiger charge is -2.35. The molecule has 2 aromatic carbocycles. The number of aromatic nitrogens is 4. The Hall–Kier alpha value is -9.87. The molecular formula is C87H110Cl3N13O19S2. The SMILES string of the molecule is C=C[C@@H]1C[C@]1(NC(=O)[C@@H]1C[C@@H](Oc2cc(-c3csc(NC(C)C)n3)nc3c(Cl)c(OC)ccc23)CN1C(=O)[C@@H](N)C(C)(C)C)C(=O)OC.C=C[C@@H]1C[C@]1(NC(=O)[C@@H]1C[C@@H](Oc2cc(-c3csc(NC(C)C)n3)nc3c(Cl)c(OC)ccc23)CN1C(=O)[C@@H](NC(=O)OC1CC2CCC1C2)C(C)(C)C)C(=O)O.Cl.O=C(OC1CC2CCC1C2)ON1C(=O)CCC1=O. The van der Waals surface area contributed by atoms with Crippen molar-refractivity contribution in [1.82, 2.24) is 50.7 Å². The maximum Gasteiger partial charge on any atom is 0.534 e. The summed E-state index contributed by atoms with van der Waals surface area (Å²) in [5.74, 6) is -1.83. The zero-order chi connectivity index (χ0) is 88.8. The molecular weight excluding hydrogens is 1700 g/mol. The minimum Gasteiger partial charge on any atom is -0.495 e. The molecule has 3 aliphatic heterocycles. The molecule has 3 saturated heterocycles. The van der Waals surface area contributed by atoms with E-state index in [1.54, 1.807) is 42.5 Å². The standard InChI is InChI=1S/C41H51ClN6O8S.C34H43ClN6O6S.C12H15NO5.ClH/c1-8-23-17-41(23,37(51)52)47-35(49)28-15-24(18-48(28)36(50)34(40(4,5)6)46-39(53)56-30-14-21-9-10-22(30)13-21)55-31-16-26(27-19-57-38(45-27)43-20(2)3)44-33-25(31)11-12-29(54-7)32(33)42;1-9-18-14-34(18,31(44)46-8)40-29(42)23-12-19(15-41(23)30(43)28(36)33(4,5)6)47-25-13-21(22-16-48-32(39-22)37-17(2)3)38-27-20(25)10-11-24(45-7)26(27)35;14-10-3-4-11(15)13(10)18-12(16)17-9-6-7-1-2-8(9)5-7;/h8,11-12,16,19-24,28,30,34H,1,9-10,13-15,17-18H2,2-7H3,(H,43,45)(H,46,53)(H,47,49)(H,51,52);9-11,13,16-19,23,28H,1,12,14-15,36H2,2-8H3,(H,37,39)(H,40,42);7-9H,1-6H2;1H/t21?,22?,23-,24-,28+,30?,34-,41-;18-,19-,23+,28-,34-;;/m11../s1. The van der Waals surface area contributed by atoms with E-state index in [4.69, 9.17) is 82.0 Å². The third-order valence-corrected chi connectivity index (χ3v) is 26.9. The number of hydrogen-bond acceptors (Lipinski definition) is 27. The maximum atomic E-state index is 14.7. The summed E-state index contributed by atoms with van der Waals surface area (Å²) in [4.78, 5) is 156. The first-order valence-corrected chi connectivity index (χ1v) is 44.2. The predicted octanol–water partition coefficient (Wildman–Crippen LogP) is 13.3. The number of carbonyl (C=O) groups excluding carboxylic acids is 9. The van der Waals surface area contributed by atoms with E-state index in [0.717, 1.165) is 55.2 Å². The van der Waals surface area contributed by atoms with Crippen LogP contribution in [0.15, 0.2) is 72.5 Å². The number of benzene rings is 2. The Morgan fingerprint density at radius 2 is 1.06 bits per heavy atom. The average Bonchev–Trinajstić information content (AvgIpc) is 1.30. The van der Waals surface area contributed by atoms with Crippen LogP contribution in [0.5, 0.6) is 23.0 Å². The van der Waals surface area contributed by atoms with Gasteiger partial charge in [0.05, 0.1) is 62.9 Å². The number of fused-ring (bicyclic) bond motifs is 6. The summed E-state index contributed by atoms with van der Waals surface area (Å²) < 4.78 is 40.4. The van der Waals surface area contributed by atoms with E-state index >= 15 is 0 Å². The molecule has 4 aromatic heterocycles. The summed E-state index contributed by atoms with van der Waals surface area (Å²) in [5.41, 5.74) is 5.40. The van der Waals surface area contributed by atoms with Crippen molar-refractivity contribution in [2.45, 2.75) is 231 Å². The van der Waals surface area contributed by atoms with Crippen molar-refractivity contribution in [2.75, 3.05) is 45.1 Å². The van der Waals surface area contributed by atoms with Crippen LogP contribution in [0.1, 0.15) is 159 Å². The lowest BCUT2D eigenvalue weighted by molar-refractivity contribution is -0.179. The van der Waals surface area contributed by atoms with Gasteiger partial charge in [-0.15, -0.1) is 48.2 Å². The van der Waals surface area contributed by atoms with E-state index < -0.39 is 124 Å². The second-order valence-electron chi connectivity index (χ2n) is 36.1. The highest BCUT2D eigenvalue weighted by Crippen LogP contribution is 2.51. The fourth-order valence-corrected chi connectivity index (χ4v) is 20.0. The van der Waals surface area contributed by atoms with E-state index in [9.17, 15) is 53.1 Å². The van der Waals surface area contributed by atoms with Gasteiger partial charge in [-0.25, -0.2) is 39.1 Å². The Balaban J connectivity index is 0.000000188. The number of pyridine rings is 2. The molecule has 7 heterocycles. The second kappa shape index (κ2) is 37.7. The summed E-state index contributed by atoms with van der Waals surface area (Å²) >= 11 is 16.5. The molecule has 6 aromatic rings. The number of aliphatic carboxylic acids is 1. The van der Waals surface area contributed by atoms with Crippen LogP contribution in [-0.4, -0.2) is 206 Å². The molecule has 15 rings (SSSR count). The molecule has 37 heteroatoms. The molecule has 9 aliphatic rings. The number of halogens is 3. The monoisotopic (exact) mass is 1810 g/mol. The molecule has 16 atom stereocenters. The lowest BCUT2D eigenvalue weighted by Crippen LogP contribution is -2.59. The first-order valence-electron chi connectivity index (χ1n) is 41.7. The number of ether oxygens (including phenoxy) is 7. The number of hydrogen-bond donors (Lipinski definition) is 7. The smallest absolute Gasteiger partial charge is 0.495 e. The summed E-state index contributed by atoms with van der Waals surface area (Å²) in [5, 5.41) is 32.7. The van der Waals surface area contributed by atoms with Crippen LogP contribution in [-0.2, 0) is 57.4 Å². The van der Waals surface area contributed by atoms with Crippen LogP contribution in [0.25, 0.3) is 44.6 Å². The molecule has 4 bridgehead atoms. The van der Waals surface area contributed by atoms with E-state index in [1.807, 2.05) is 80.0 Å². The Labute approximate surface area is 743 Å². The van der Waals surface area contributed by atoms with Gasteiger partial charge in [0.25, 0.3) is 11.8 Å². The minimum absolute atomic E-state index is 0. The minimum atomic E-state index is -1.53. The molecule has 6 unspecified atom stereocenters. The number of carbonyl (C=O) groups is 10. The van der Waals surface area contributed by atoms with Gasteiger partial charge >= 0.3 is 24.2 Å². The van der Waals surface area contributed by atoms with Crippen LogP contribution >= 0.6 is 58.3 Å². The Bertz CT molecular complexity index is 5100. The maximum absolute atomic E-state index is 14.7. The van der Waals surface area contributed by atoms with E-state index in [2.05, 4.69) is 44.6 Å². The summed E-state index contributed by atoms with van der Waals surface area (Å²) in [7, 11) is 4.31. The zero-order valence-corrected chi connectivity index (χ0v) is 75.7. The largest absolute Gasteiger partial charge is 0.534 e. The molecule has 7 amide bonds. The summed E-state index contributed by atoms with van der Waals surface area (Å²) in [6, 6.07) is 6.87. The van der Waals surface area contributed by atoms with Crippen molar-refractivity contribution in [3.8, 4) is 45.8 Å². The normalized spacial score (nSPS) is 26.1. The first-order chi connectivity index (χ1) is 58.3. The number of esters is 1. The highest BCUT2D eigenvalue weighted by atomic mass is 35.5. The van der Waals surface area contributed by atoms with Gasteiger partial charge in [-0.3, -0.25) is 33.6 Å². The number of anilines is 2. The van der Waals surface area contributed by atoms with Gasteiger partial charge in [-0.05, 0) is 151 Å². The Morgan fingerprint density at radius 1 is 0.605 bits per heavy atom. The van der Waals surface area contributed by atoms with Crippen LogP contribution in [0.2, 0.25) is 10.0 Å². The van der Waals surface area contributed by atoms with Gasteiger partial charge in [0.15, 0.2) is 10.3 Å². The van der Waals surface area contributed by atoms with Crippen molar-refractivity contribution in [2.24, 2.45) is 52.1 Å². The van der Waals surface area contributed by atoms with E-state index in [1.165, 1.54) is 66.3 Å². The number of alkyl carbamates (subject to hydrolysis) is 1. The number of nitrogens with two attached hydrogens (primary N) is 1. The fourth-order valence-electron chi connectivity index (χ4n) is 17.7. The molecule has 124 heavy (non-hydrogen) atoms. The Morgan fingerprint density at radius 3 is 1.45 bits per heavy atom. The Kier molecular flexibility index (Phi) is 28.4. The number of carboxylic acid groups (broad SMARTS) is 1. The van der Waals surface area contributed by atoms with Gasteiger partial charge in [-0.1, -0.05) is 82.0 Å². The molecule has 9 fully saturated rings. The number of nitrogens with one attached hydrogen (secondary N) is 5. The topological polar surface area (TPSA) is 412 Å². The van der Waals surface area contributed by atoms with Crippen molar-refractivity contribution in [1.29, 1.82) is 0 Å². The number of carboxylic acids is 1. The highest BCUT2D eigenvalue weighted by molar-refractivity contribution is 7.14. The van der Waals surface area contributed by atoms with Crippen LogP contribution < -0.4 is 51.3 Å². The van der Waals surface area contributed by atoms with Crippen LogP contribution in [0, 0.1) is 46.3 Å². The molecule has 6 aliphatic carbocycles. The quantitative estimate of drug-likeness (QED) is 0.0115. The molecule has 0 radical (unpaired) electrons. The molecule has 32 nitrogen and oxygen atoms in total. The molecule has 6 saturated carbocycles. The fraction of sp³-hybridized carbons (Fsp3) is 0.563. The zero-order valence-electron chi connectivity index (χ0n) is 71.7. The number of likely N-dealkylation sites (tertiary alicyclic amines) is 2. The molecule has 0 spiro atoms. The van der Waals surface area contributed by atoms with Crippen LogP contribution in [0.3, 0.4) is 0 Å². The van der Waals surface area contributed by atoms with Gasteiger partial charge in [0, 0.05) is 83.3 Å². The second-order valence-corrected chi connectivity index (χ2v) is 38.5. The van der Waals surface area contributed by atoms with Crippen molar-refractivity contribution < 1.29 is 91.0 Å². The first kappa shape index (κ1) is 93.3. The van der Waals surface area contributed by atoms with Gasteiger partial charge in [-0.2, -0.15) is 0 Å². The third kappa shape index (κ3) is 20.0. The van der Waals surface area contributed by atoms with Gasteiger partial charge in [0.2, 0.25) is 23.6 Å². The molecule has 8 N–H and O–H groups in total. The lowest BCUT2D eigenvalue weighted by atomic mass is 9.85. The number of hydroxylamine groups is 2. The summed E-state index contributed by atoms with van der Waals surface area (Å²) in [6.45, 7) is 26.7.